The van der Waals surface area contributed by atoms with Crippen LogP contribution in [0.3, 0.4) is 0 Å². The van der Waals surface area contributed by atoms with Gasteiger partial charge in [0.2, 0.25) is 5.91 Å². The summed E-state index contributed by atoms with van der Waals surface area (Å²) < 4.78 is 0. The number of hydrogen-bond donors (Lipinski definition) is 1. The molecule has 31 heavy (non-hydrogen) atoms. The van der Waals surface area contributed by atoms with E-state index in [1.54, 1.807) is 24.3 Å². The fraction of sp³-hybridized carbons (Fsp3) is 0.273. The van der Waals surface area contributed by atoms with E-state index in [4.69, 9.17) is 28.5 Å². The number of carbonyl (C=O) groups is 3. The molecule has 0 spiro atoms. The summed E-state index contributed by atoms with van der Waals surface area (Å²) in [5, 5.41) is 12.5. The largest absolute Gasteiger partial charge is 0.352 e. The molecule has 9 heteroatoms. The summed E-state index contributed by atoms with van der Waals surface area (Å²) >= 11 is 12.2. The number of nitriles is 1. The predicted octanol–water partition coefficient (Wildman–Crippen LogP) is 3.52. The van der Waals surface area contributed by atoms with E-state index < -0.39 is 17.5 Å². The third-order valence-corrected chi connectivity index (χ3v) is 6.06. The number of benzene rings is 2. The molecule has 7 nitrogen and oxygen atoms in total. The quantitative estimate of drug-likeness (QED) is 0.711. The van der Waals surface area contributed by atoms with Crippen LogP contribution in [0.25, 0.3) is 0 Å². The van der Waals surface area contributed by atoms with Gasteiger partial charge in [-0.2, -0.15) is 5.26 Å². The van der Waals surface area contributed by atoms with Gasteiger partial charge in [-0.15, -0.1) is 0 Å². The highest BCUT2D eigenvalue weighted by atomic mass is 35.5. The first-order valence-electron chi connectivity index (χ1n) is 9.62. The Morgan fingerprint density at radius 2 is 1.84 bits per heavy atom. The average Bonchev–Trinajstić information content (AvgIpc) is 3.14. The molecule has 0 bridgehead atoms. The highest BCUT2D eigenvalue weighted by Gasteiger charge is 2.62. The van der Waals surface area contributed by atoms with Gasteiger partial charge < -0.3 is 10.2 Å². The van der Waals surface area contributed by atoms with Crippen molar-refractivity contribution < 1.29 is 14.4 Å². The molecule has 2 saturated heterocycles. The minimum absolute atomic E-state index is 0.214. The van der Waals surface area contributed by atoms with Crippen LogP contribution in [0.4, 0.5) is 10.5 Å². The van der Waals surface area contributed by atoms with Crippen LogP contribution in [0.2, 0.25) is 10.0 Å². The molecule has 0 aliphatic carbocycles. The van der Waals surface area contributed by atoms with Gasteiger partial charge in [0.15, 0.2) is 0 Å². The van der Waals surface area contributed by atoms with Crippen molar-refractivity contribution in [1.29, 1.82) is 5.26 Å². The van der Waals surface area contributed by atoms with Gasteiger partial charge in [0.05, 0.1) is 17.3 Å². The molecule has 4 rings (SSSR count). The Hall–Kier alpha value is -3.08. The second kappa shape index (κ2) is 7.88. The van der Waals surface area contributed by atoms with E-state index in [1.807, 2.05) is 0 Å². The van der Waals surface area contributed by atoms with Crippen LogP contribution in [0.1, 0.15) is 24.5 Å². The maximum Gasteiger partial charge on any atom is 0.332 e. The molecule has 2 atom stereocenters. The zero-order chi connectivity index (χ0) is 22.3. The minimum Gasteiger partial charge on any atom is -0.352 e. The lowest BCUT2D eigenvalue weighted by Crippen LogP contribution is -2.47. The number of urea groups is 1. The summed E-state index contributed by atoms with van der Waals surface area (Å²) in [4.78, 5) is 41.3. The number of nitrogens with zero attached hydrogens (tertiary/aromatic N) is 3. The minimum atomic E-state index is -1.16. The number of fused-ring (bicyclic) bond motifs is 1. The molecule has 0 aromatic heterocycles. The summed E-state index contributed by atoms with van der Waals surface area (Å²) in [6.45, 7) is 1.62. The molecule has 1 N–H and O–H groups in total. The highest BCUT2D eigenvalue weighted by molar-refractivity contribution is 6.35. The number of anilines is 1. The average molecular weight is 457 g/mol. The van der Waals surface area contributed by atoms with E-state index in [-0.39, 0.29) is 31.3 Å². The third kappa shape index (κ3) is 3.73. The number of amides is 4. The summed E-state index contributed by atoms with van der Waals surface area (Å²) in [6.07, 6.45) is 0.534. The van der Waals surface area contributed by atoms with Gasteiger partial charge >= 0.3 is 6.03 Å². The Balaban J connectivity index is 1.74. The zero-order valence-corrected chi connectivity index (χ0v) is 18.1. The summed E-state index contributed by atoms with van der Waals surface area (Å²) in [5.41, 5.74) is 0.453. The molecule has 4 amide bonds. The first-order chi connectivity index (χ1) is 14.7. The normalized spacial score (nSPS) is 22.5. The van der Waals surface area contributed by atoms with Crippen molar-refractivity contribution in [2.24, 2.45) is 0 Å². The second-order valence-electron chi connectivity index (χ2n) is 7.78. The fourth-order valence-corrected chi connectivity index (χ4v) is 4.93. The monoisotopic (exact) mass is 456 g/mol. The van der Waals surface area contributed by atoms with Crippen molar-refractivity contribution in [3.63, 3.8) is 0 Å². The Kier molecular flexibility index (Phi) is 5.38. The van der Waals surface area contributed by atoms with Crippen molar-refractivity contribution in [3.8, 4) is 6.07 Å². The lowest BCUT2D eigenvalue weighted by atomic mass is 9.86. The molecule has 2 fully saturated rings. The van der Waals surface area contributed by atoms with Crippen molar-refractivity contribution >= 4 is 46.7 Å². The van der Waals surface area contributed by atoms with E-state index in [9.17, 15) is 14.4 Å². The Morgan fingerprint density at radius 1 is 1.19 bits per heavy atom. The van der Waals surface area contributed by atoms with Gasteiger partial charge in [0, 0.05) is 42.4 Å². The predicted molar refractivity (Wildman–Crippen MR) is 116 cm³/mol. The van der Waals surface area contributed by atoms with Crippen LogP contribution in [-0.4, -0.2) is 40.9 Å². The smallest absolute Gasteiger partial charge is 0.332 e. The van der Waals surface area contributed by atoms with E-state index >= 15 is 0 Å². The van der Waals surface area contributed by atoms with Gasteiger partial charge in [-0.3, -0.25) is 9.59 Å². The first-order valence-corrected chi connectivity index (χ1v) is 10.4. The van der Waals surface area contributed by atoms with Gasteiger partial charge in [-0.1, -0.05) is 35.3 Å². The summed E-state index contributed by atoms with van der Waals surface area (Å²) in [6, 6.07) is 12.7. The Labute approximate surface area is 189 Å². The van der Waals surface area contributed by atoms with Gasteiger partial charge in [-0.25, -0.2) is 9.69 Å². The number of rotatable bonds is 4. The number of halogens is 2. The molecule has 2 aliphatic rings. The SMILES string of the molecule is CC(=O)N[C@@H]1CN2C(=O)N(c3cc(Cl)cc(Cl)c3)C(=O)[C@]2(Cc2ccc(C#N)cc2)C1. The third-order valence-electron chi connectivity index (χ3n) is 5.62. The van der Waals surface area contributed by atoms with Crippen molar-refractivity contribution in [2.45, 2.75) is 31.3 Å². The lowest BCUT2D eigenvalue weighted by Gasteiger charge is -2.28. The number of imide groups is 1. The lowest BCUT2D eigenvalue weighted by molar-refractivity contribution is -0.124. The molecule has 0 unspecified atom stereocenters. The Morgan fingerprint density at radius 3 is 2.42 bits per heavy atom. The van der Waals surface area contributed by atoms with Gasteiger partial charge in [0.25, 0.3) is 5.91 Å². The van der Waals surface area contributed by atoms with Crippen molar-refractivity contribution in [3.05, 3.63) is 63.6 Å². The first kappa shape index (κ1) is 21.2. The van der Waals surface area contributed by atoms with E-state index in [1.165, 1.54) is 30.0 Å². The summed E-state index contributed by atoms with van der Waals surface area (Å²) in [5.74, 6) is -0.619. The molecule has 158 valence electrons. The molecule has 2 heterocycles. The van der Waals surface area contributed by atoms with Crippen LogP contribution in [0.5, 0.6) is 0 Å². The van der Waals surface area contributed by atoms with Crippen LogP contribution in [0, 0.1) is 11.3 Å². The zero-order valence-electron chi connectivity index (χ0n) is 16.6. The maximum absolute atomic E-state index is 13.7. The Bertz CT molecular complexity index is 1110. The topological polar surface area (TPSA) is 93.5 Å². The van der Waals surface area contributed by atoms with Gasteiger partial charge in [0.1, 0.15) is 5.54 Å². The van der Waals surface area contributed by atoms with Crippen LogP contribution >= 0.6 is 23.2 Å². The van der Waals surface area contributed by atoms with Gasteiger partial charge in [-0.05, 0) is 35.9 Å². The van der Waals surface area contributed by atoms with Crippen LogP contribution in [-0.2, 0) is 16.0 Å². The fourth-order valence-electron chi connectivity index (χ4n) is 4.42. The van der Waals surface area contributed by atoms with E-state index in [0.717, 1.165) is 10.5 Å². The molecule has 2 aromatic carbocycles. The van der Waals surface area contributed by atoms with Crippen molar-refractivity contribution in [2.75, 3.05) is 11.4 Å². The number of nitrogens with one attached hydrogen (secondary N) is 1. The maximum atomic E-state index is 13.7. The van der Waals surface area contributed by atoms with Crippen LogP contribution in [0.15, 0.2) is 42.5 Å². The highest BCUT2D eigenvalue weighted by Crippen LogP contribution is 2.43. The molecular formula is C22H18Cl2N4O3. The molecule has 2 aliphatic heterocycles. The molecule has 2 aromatic rings. The van der Waals surface area contributed by atoms with E-state index in [2.05, 4.69) is 11.4 Å². The molecule has 0 saturated carbocycles. The number of carbonyl (C=O) groups excluding carboxylic acids is 3. The second-order valence-corrected chi connectivity index (χ2v) is 8.65. The summed E-state index contributed by atoms with van der Waals surface area (Å²) in [7, 11) is 0. The van der Waals surface area contributed by atoms with Crippen molar-refractivity contribution in [1.82, 2.24) is 10.2 Å². The molecular weight excluding hydrogens is 439 g/mol. The number of hydrogen-bond acceptors (Lipinski definition) is 4. The van der Waals surface area contributed by atoms with Crippen LogP contribution < -0.4 is 10.2 Å². The standard InChI is InChI=1S/C22H18Cl2N4O3/c1-13(29)26-18-10-22(9-14-2-4-15(11-25)5-3-14)20(30)28(21(31)27(22)12-18)19-7-16(23)6-17(24)8-19/h2-8,18H,9-10,12H2,1H3,(H,26,29)/t18-,22-/m0/s1. The van der Waals surface area contributed by atoms with E-state index in [0.29, 0.717) is 21.3 Å². The molecule has 0 radical (unpaired) electrons.